The highest BCUT2D eigenvalue weighted by Gasteiger charge is 2.16. The van der Waals surface area contributed by atoms with Crippen LogP contribution in [0.1, 0.15) is 102 Å². The van der Waals surface area contributed by atoms with Gasteiger partial charge in [-0.05, 0) is 87.6 Å². The summed E-state index contributed by atoms with van der Waals surface area (Å²) in [6.45, 7) is 3.70. The van der Waals surface area contributed by atoms with Crippen molar-refractivity contribution < 1.29 is 19.1 Å². The molecule has 0 spiro atoms. The second kappa shape index (κ2) is 22.6. The van der Waals surface area contributed by atoms with Gasteiger partial charge in [-0.2, -0.15) is 12.6 Å². The van der Waals surface area contributed by atoms with Gasteiger partial charge in [-0.25, -0.2) is 0 Å². The first kappa shape index (κ1) is 37.0. The zero-order chi connectivity index (χ0) is 30.5. The quantitative estimate of drug-likeness (QED) is 0.0739. The molecule has 3 atom stereocenters. The second-order valence-corrected chi connectivity index (χ2v) is 11.1. The number of unbranched alkanes of at least 4 members (excludes halogenated alkanes) is 4. The van der Waals surface area contributed by atoms with E-state index < -0.39 is 18.1 Å². The highest BCUT2D eigenvalue weighted by molar-refractivity contribution is 7.79. The van der Waals surface area contributed by atoms with Crippen LogP contribution in [0.2, 0.25) is 0 Å². The molecule has 0 saturated heterocycles. The molecular formula is C31H55N5O4S. The van der Waals surface area contributed by atoms with Crippen molar-refractivity contribution in [2.75, 3.05) is 19.7 Å². The van der Waals surface area contributed by atoms with Crippen LogP contribution in [0.15, 0.2) is 18.2 Å². The Hall–Kier alpha value is -1.98. The van der Waals surface area contributed by atoms with E-state index in [-0.39, 0.29) is 17.5 Å². The number of benzene rings is 1. The second-order valence-electron chi connectivity index (χ2n) is 10.8. The Morgan fingerprint density at radius 3 is 2.05 bits per heavy atom. The largest absolute Gasteiger partial charge is 0.494 e. The monoisotopic (exact) mass is 593 g/mol. The maximum atomic E-state index is 12.4. The van der Waals surface area contributed by atoms with Gasteiger partial charge in [0.05, 0.1) is 24.7 Å². The molecule has 0 radical (unpaired) electrons. The van der Waals surface area contributed by atoms with E-state index in [0.29, 0.717) is 64.0 Å². The number of aryl methyl sites for hydroxylation is 1. The molecule has 0 aliphatic carbocycles. The van der Waals surface area contributed by atoms with E-state index in [9.17, 15) is 14.4 Å². The van der Waals surface area contributed by atoms with E-state index in [0.717, 1.165) is 57.1 Å². The van der Waals surface area contributed by atoms with Gasteiger partial charge in [-0.3, -0.25) is 14.4 Å². The van der Waals surface area contributed by atoms with Gasteiger partial charge in [0.1, 0.15) is 17.3 Å². The molecule has 0 heterocycles. The normalized spacial score (nSPS) is 13.4. The van der Waals surface area contributed by atoms with Gasteiger partial charge in [-0.1, -0.05) is 32.3 Å². The number of Topliss-reactive ketones (excluding diaryl/α,β-unsaturated/α-hetero) is 2. The zero-order valence-electron chi connectivity index (χ0n) is 25.1. The summed E-state index contributed by atoms with van der Waals surface area (Å²) in [4.78, 5) is 36.7. The molecule has 0 fully saturated rings. The fourth-order valence-electron chi connectivity index (χ4n) is 4.62. The van der Waals surface area contributed by atoms with Crippen molar-refractivity contribution in [1.29, 1.82) is 0 Å². The van der Waals surface area contributed by atoms with Crippen molar-refractivity contribution in [2.24, 2.45) is 22.9 Å². The smallest absolute Gasteiger partial charge is 0.236 e. The Labute approximate surface area is 252 Å². The van der Waals surface area contributed by atoms with Crippen molar-refractivity contribution in [2.45, 2.75) is 121 Å². The van der Waals surface area contributed by atoms with Crippen LogP contribution in [0.4, 0.5) is 0 Å². The first-order valence-corrected chi connectivity index (χ1v) is 16.0. The molecule has 0 bridgehead atoms. The number of ether oxygens (including phenoxy) is 1. The van der Waals surface area contributed by atoms with E-state index in [1.54, 1.807) is 0 Å². The summed E-state index contributed by atoms with van der Waals surface area (Å²) in [5.41, 5.74) is 25.9. The van der Waals surface area contributed by atoms with Gasteiger partial charge in [0.2, 0.25) is 5.91 Å². The fourth-order valence-corrected chi connectivity index (χ4v) is 4.93. The number of thiol groups is 1. The van der Waals surface area contributed by atoms with Gasteiger partial charge in [-0.15, -0.1) is 0 Å². The number of carbonyl (C=O) groups excluding carboxylic acids is 3. The number of ketones is 2. The highest BCUT2D eigenvalue weighted by Crippen LogP contribution is 2.20. The molecule has 1 aromatic rings. The third-order valence-electron chi connectivity index (χ3n) is 7.38. The van der Waals surface area contributed by atoms with E-state index in [4.69, 9.17) is 27.7 Å². The van der Waals surface area contributed by atoms with Crippen LogP contribution in [0.25, 0.3) is 0 Å². The minimum Gasteiger partial charge on any atom is -0.494 e. The minimum absolute atomic E-state index is 0.0367. The van der Waals surface area contributed by atoms with Gasteiger partial charge in [0, 0.05) is 25.1 Å². The molecule has 1 aromatic carbocycles. The Balaban J connectivity index is 2.08. The molecule has 10 heteroatoms. The molecule has 1 rings (SSSR count). The summed E-state index contributed by atoms with van der Waals surface area (Å²) < 4.78 is 5.81. The van der Waals surface area contributed by atoms with Crippen LogP contribution < -0.4 is 33.0 Å². The molecule has 9 nitrogen and oxygen atoms in total. The summed E-state index contributed by atoms with van der Waals surface area (Å²) in [6, 6.07) is 4.56. The predicted octanol–water partition coefficient (Wildman–Crippen LogP) is 3.32. The summed E-state index contributed by atoms with van der Waals surface area (Å²) in [6.07, 6.45) is 9.87. The van der Waals surface area contributed by atoms with E-state index in [1.807, 2.05) is 18.2 Å². The maximum Gasteiger partial charge on any atom is 0.236 e. The number of hydrogen-bond donors (Lipinski definition) is 6. The molecule has 0 aliphatic rings. The van der Waals surface area contributed by atoms with Gasteiger partial charge < -0.3 is 33.0 Å². The predicted molar refractivity (Wildman–Crippen MR) is 170 cm³/mol. The lowest BCUT2D eigenvalue weighted by Crippen LogP contribution is -2.41. The lowest BCUT2D eigenvalue weighted by molar-refractivity contribution is -0.123. The zero-order valence-corrected chi connectivity index (χ0v) is 26.0. The maximum absolute atomic E-state index is 12.4. The topological polar surface area (TPSA) is 177 Å². The average Bonchev–Trinajstić information content (AvgIpc) is 2.98. The van der Waals surface area contributed by atoms with Crippen LogP contribution >= 0.6 is 12.6 Å². The first-order chi connectivity index (χ1) is 19.7. The van der Waals surface area contributed by atoms with E-state index in [2.05, 4.69) is 24.9 Å². The molecule has 9 N–H and O–H groups in total. The summed E-state index contributed by atoms with van der Waals surface area (Å²) in [7, 11) is 0. The van der Waals surface area contributed by atoms with Gasteiger partial charge in [0.25, 0.3) is 0 Å². The van der Waals surface area contributed by atoms with Crippen LogP contribution in [0.3, 0.4) is 0 Å². The Bertz CT molecular complexity index is 901. The fraction of sp³-hybridized carbons (Fsp3) is 0.710. The molecule has 41 heavy (non-hydrogen) atoms. The van der Waals surface area contributed by atoms with Crippen LogP contribution in [-0.4, -0.2) is 55.3 Å². The molecule has 234 valence electrons. The summed E-state index contributed by atoms with van der Waals surface area (Å²) >= 11 is 4.36. The number of carbonyl (C=O) groups is 3. The van der Waals surface area contributed by atoms with Crippen LogP contribution in [0.5, 0.6) is 5.75 Å². The van der Waals surface area contributed by atoms with Crippen molar-refractivity contribution in [3.8, 4) is 5.75 Å². The molecular weight excluding hydrogens is 538 g/mol. The molecule has 0 aliphatic heterocycles. The lowest BCUT2D eigenvalue weighted by Gasteiger charge is -2.14. The highest BCUT2D eigenvalue weighted by atomic mass is 32.1. The summed E-state index contributed by atoms with van der Waals surface area (Å²) in [5.74, 6) is 1.47. The SMILES string of the molecule is CCc1cc(OCCCC(=O)[C@@H](N)CCCCNC(=O)[C@@H](N)CCCCCC(=O)[C@@H](N)CCCCN)ccc1CS. The number of hydrogen-bond acceptors (Lipinski definition) is 9. The van der Waals surface area contributed by atoms with Crippen molar-refractivity contribution >= 4 is 30.1 Å². The Morgan fingerprint density at radius 1 is 0.805 bits per heavy atom. The number of rotatable bonds is 25. The molecule has 0 aromatic heterocycles. The average molecular weight is 594 g/mol. The van der Waals surface area contributed by atoms with Gasteiger partial charge >= 0.3 is 0 Å². The van der Waals surface area contributed by atoms with Crippen molar-refractivity contribution in [3.05, 3.63) is 29.3 Å². The van der Waals surface area contributed by atoms with Crippen molar-refractivity contribution in [1.82, 2.24) is 5.32 Å². The Morgan fingerprint density at radius 2 is 1.41 bits per heavy atom. The van der Waals surface area contributed by atoms with E-state index >= 15 is 0 Å². The summed E-state index contributed by atoms with van der Waals surface area (Å²) in [5, 5.41) is 2.87. The third kappa shape index (κ3) is 16.3. The van der Waals surface area contributed by atoms with Gasteiger partial charge in [0.15, 0.2) is 0 Å². The first-order valence-electron chi connectivity index (χ1n) is 15.4. The number of nitrogens with one attached hydrogen (secondary N) is 1. The molecule has 0 unspecified atom stereocenters. The van der Waals surface area contributed by atoms with E-state index in [1.165, 1.54) is 11.1 Å². The standard InChI is InChI=1S/C31H55N5O4S/c1-2-23-21-25(17-16-24(23)22-41)40-20-10-15-30(38)27(34)12-7-9-19-36-31(39)28(35)13-4-3-5-14-29(37)26(33)11-6-8-18-32/h16-17,21,26-28,41H,2-15,18-20,22,32-35H2,1H3,(H,36,39)/t26-,27-,28-/m0/s1. The Kier molecular flexibility index (Phi) is 20.4. The van der Waals surface area contributed by atoms with Crippen LogP contribution in [0, 0.1) is 0 Å². The number of amides is 1. The van der Waals surface area contributed by atoms with Crippen molar-refractivity contribution in [3.63, 3.8) is 0 Å². The molecule has 1 amide bonds. The third-order valence-corrected chi connectivity index (χ3v) is 7.72. The lowest BCUT2D eigenvalue weighted by atomic mass is 10.0. The number of nitrogens with two attached hydrogens (primary N) is 4. The minimum atomic E-state index is -0.565. The molecule has 0 saturated carbocycles. The van der Waals surface area contributed by atoms with Crippen LogP contribution in [-0.2, 0) is 26.6 Å².